The molecule has 0 saturated carbocycles. The number of hydrogen-bond acceptors (Lipinski definition) is 2. The second-order valence-corrected chi connectivity index (χ2v) is 7.29. The van der Waals surface area contributed by atoms with Crippen molar-refractivity contribution in [1.29, 1.82) is 0 Å². The quantitative estimate of drug-likeness (QED) is 0.535. The monoisotopic (exact) mass is 436 g/mol. The van der Waals surface area contributed by atoms with E-state index in [0.717, 1.165) is 26.6 Å². The summed E-state index contributed by atoms with van der Waals surface area (Å²) < 4.78 is 1.67. The Balaban J connectivity index is 2.54. The number of aromatic nitrogens is 2. The Labute approximate surface area is 145 Å². The summed E-state index contributed by atoms with van der Waals surface area (Å²) in [5.41, 5.74) is 1.67. The molecule has 0 aliphatic carbocycles. The Hall–Kier alpha value is -0.160. The summed E-state index contributed by atoms with van der Waals surface area (Å²) in [5, 5.41) is 0.998. The van der Waals surface area contributed by atoms with Crippen molar-refractivity contribution in [1.82, 2.24) is 9.97 Å². The predicted octanol–water partition coefficient (Wildman–Crippen LogP) is 6.17. The Morgan fingerprint density at radius 2 is 1.85 bits per heavy atom. The van der Waals surface area contributed by atoms with Gasteiger partial charge < -0.3 is 0 Å². The maximum absolute atomic E-state index is 6.25. The molecule has 0 atom stereocenters. The van der Waals surface area contributed by atoms with Gasteiger partial charge >= 0.3 is 0 Å². The van der Waals surface area contributed by atoms with Crippen molar-refractivity contribution in [2.75, 3.05) is 0 Å². The molecule has 1 aromatic carbocycles. The van der Waals surface area contributed by atoms with Crippen LogP contribution in [-0.2, 0) is 6.42 Å². The molecule has 0 fully saturated rings. The van der Waals surface area contributed by atoms with Gasteiger partial charge in [0.2, 0.25) is 0 Å². The molecule has 2 nitrogen and oxygen atoms in total. The molecule has 1 aromatic heterocycles. The van der Waals surface area contributed by atoms with Crippen molar-refractivity contribution in [3.8, 4) is 11.4 Å². The van der Waals surface area contributed by atoms with E-state index in [0.29, 0.717) is 21.9 Å². The predicted molar refractivity (Wildman–Crippen MR) is 91.4 cm³/mol. The van der Waals surface area contributed by atoms with E-state index in [2.05, 4.69) is 55.7 Å². The molecule has 106 valence electrons. The van der Waals surface area contributed by atoms with Gasteiger partial charge in [0.1, 0.15) is 5.15 Å². The first-order valence-corrected chi connectivity index (χ1v) is 8.40. The maximum Gasteiger partial charge on any atom is 0.162 e. The molecule has 20 heavy (non-hydrogen) atoms. The van der Waals surface area contributed by atoms with E-state index < -0.39 is 0 Å². The summed E-state index contributed by atoms with van der Waals surface area (Å²) in [6.45, 7) is 4.27. The van der Waals surface area contributed by atoms with Crippen LogP contribution in [0.4, 0.5) is 0 Å². The summed E-state index contributed by atoms with van der Waals surface area (Å²) in [5.74, 6) is 1.02. The lowest BCUT2D eigenvalue weighted by molar-refractivity contribution is 0.632. The minimum atomic E-state index is 0.407. The van der Waals surface area contributed by atoms with Crippen LogP contribution in [0, 0.1) is 5.92 Å². The Kier molecular flexibility index (Phi) is 5.46. The Bertz CT molecular complexity index is 645. The number of hydrogen-bond donors (Lipinski definition) is 0. The molecule has 6 heteroatoms. The smallest absolute Gasteiger partial charge is 0.162 e. The van der Waals surface area contributed by atoms with Crippen LogP contribution in [0.1, 0.15) is 19.5 Å². The Morgan fingerprint density at radius 3 is 2.45 bits per heavy atom. The molecule has 2 aromatic rings. The van der Waals surface area contributed by atoms with Gasteiger partial charge in [-0.2, -0.15) is 0 Å². The first-order chi connectivity index (χ1) is 9.38. The lowest BCUT2D eigenvalue weighted by Crippen LogP contribution is -2.03. The number of benzene rings is 1. The SMILES string of the molecule is CC(C)Cc1nc(-c2ccc(Br)cc2Cl)nc(Cl)c1Br. The number of rotatable bonds is 3. The van der Waals surface area contributed by atoms with E-state index in [-0.39, 0.29) is 0 Å². The average molecular weight is 439 g/mol. The lowest BCUT2D eigenvalue weighted by atomic mass is 10.1. The third-order valence-electron chi connectivity index (χ3n) is 2.65. The van der Waals surface area contributed by atoms with Crippen LogP contribution in [0.3, 0.4) is 0 Å². The highest BCUT2D eigenvalue weighted by Gasteiger charge is 2.15. The molecule has 0 aliphatic heterocycles. The van der Waals surface area contributed by atoms with Gasteiger partial charge in [-0.15, -0.1) is 0 Å². The maximum atomic E-state index is 6.25. The van der Waals surface area contributed by atoms with Gasteiger partial charge in [-0.25, -0.2) is 9.97 Å². The molecule has 1 heterocycles. The molecule has 0 amide bonds. The topological polar surface area (TPSA) is 25.8 Å². The highest BCUT2D eigenvalue weighted by molar-refractivity contribution is 9.10. The van der Waals surface area contributed by atoms with Crippen molar-refractivity contribution in [3.63, 3.8) is 0 Å². The van der Waals surface area contributed by atoms with Gasteiger partial charge in [0.05, 0.1) is 15.2 Å². The van der Waals surface area contributed by atoms with E-state index in [1.807, 2.05) is 18.2 Å². The van der Waals surface area contributed by atoms with Gasteiger partial charge in [-0.1, -0.05) is 53.0 Å². The molecular weight excluding hydrogens is 427 g/mol. The van der Waals surface area contributed by atoms with Crippen molar-refractivity contribution >= 4 is 55.1 Å². The first kappa shape index (κ1) is 16.2. The van der Waals surface area contributed by atoms with Crippen LogP contribution in [-0.4, -0.2) is 9.97 Å². The molecule has 0 unspecified atom stereocenters. The van der Waals surface area contributed by atoms with Gasteiger partial charge in [0.25, 0.3) is 0 Å². The summed E-state index contributed by atoms with van der Waals surface area (Å²) in [6, 6.07) is 5.60. The van der Waals surface area contributed by atoms with Crippen LogP contribution in [0.2, 0.25) is 10.2 Å². The zero-order chi connectivity index (χ0) is 14.9. The van der Waals surface area contributed by atoms with Crippen LogP contribution in [0.5, 0.6) is 0 Å². The second-order valence-electron chi connectivity index (χ2n) is 4.82. The molecule has 2 rings (SSSR count). The minimum absolute atomic E-state index is 0.407. The molecule has 0 aliphatic rings. The van der Waals surface area contributed by atoms with Gasteiger partial charge in [-0.3, -0.25) is 0 Å². The van der Waals surface area contributed by atoms with Gasteiger partial charge in [0.15, 0.2) is 5.82 Å². The Morgan fingerprint density at radius 1 is 1.15 bits per heavy atom. The summed E-state index contributed by atoms with van der Waals surface area (Å²) >= 11 is 19.3. The molecule has 0 bridgehead atoms. The fraction of sp³-hybridized carbons (Fsp3) is 0.286. The second kappa shape index (κ2) is 6.73. The fourth-order valence-electron chi connectivity index (χ4n) is 1.78. The van der Waals surface area contributed by atoms with Crippen molar-refractivity contribution in [2.45, 2.75) is 20.3 Å². The zero-order valence-electron chi connectivity index (χ0n) is 10.9. The lowest BCUT2D eigenvalue weighted by Gasteiger charge is -2.11. The van der Waals surface area contributed by atoms with Crippen molar-refractivity contribution < 1.29 is 0 Å². The van der Waals surface area contributed by atoms with Crippen LogP contribution >= 0.6 is 55.1 Å². The van der Waals surface area contributed by atoms with Gasteiger partial charge in [-0.05, 0) is 46.5 Å². The van der Waals surface area contributed by atoms with Crippen LogP contribution in [0.15, 0.2) is 27.1 Å². The molecule has 0 N–H and O–H groups in total. The van der Waals surface area contributed by atoms with Crippen molar-refractivity contribution in [3.05, 3.63) is 43.0 Å². The zero-order valence-corrected chi connectivity index (χ0v) is 15.6. The third kappa shape index (κ3) is 3.73. The van der Waals surface area contributed by atoms with Crippen molar-refractivity contribution in [2.24, 2.45) is 5.92 Å². The molecule has 0 saturated heterocycles. The van der Waals surface area contributed by atoms with E-state index in [1.165, 1.54) is 0 Å². The molecule has 0 spiro atoms. The summed E-state index contributed by atoms with van der Waals surface area (Å²) in [4.78, 5) is 8.90. The number of halogens is 4. The summed E-state index contributed by atoms with van der Waals surface area (Å²) in [7, 11) is 0. The fourth-order valence-corrected chi connectivity index (χ4v) is 3.06. The largest absolute Gasteiger partial charge is 0.232 e. The highest BCUT2D eigenvalue weighted by atomic mass is 79.9. The first-order valence-electron chi connectivity index (χ1n) is 6.05. The van der Waals surface area contributed by atoms with E-state index in [4.69, 9.17) is 23.2 Å². The average Bonchev–Trinajstić information content (AvgIpc) is 2.34. The molecule has 0 radical (unpaired) electrons. The van der Waals surface area contributed by atoms with Crippen LogP contribution in [0.25, 0.3) is 11.4 Å². The summed E-state index contributed by atoms with van der Waals surface area (Å²) in [6.07, 6.45) is 0.823. The van der Waals surface area contributed by atoms with E-state index in [1.54, 1.807) is 0 Å². The van der Waals surface area contributed by atoms with E-state index in [9.17, 15) is 0 Å². The van der Waals surface area contributed by atoms with E-state index >= 15 is 0 Å². The number of nitrogens with zero attached hydrogens (tertiary/aromatic N) is 2. The minimum Gasteiger partial charge on any atom is -0.232 e. The molecular formula is C14H12Br2Cl2N2. The highest BCUT2D eigenvalue weighted by Crippen LogP contribution is 2.32. The standard InChI is InChI=1S/C14H12Br2Cl2N2/c1-7(2)5-11-12(16)13(18)20-14(19-11)9-4-3-8(15)6-10(9)17/h3-4,6-7H,5H2,1-2H3. The van der Waals surface area contributed by atoms with Crippen LogP contribution < -0.4 is 0 Å². The normalized spacial score (nSPS) is 11.2. The third-order valence-corrected chi connectivity index (χ3v) is 4.79. The van der Waals surface area contributed by atoms with Gasteiger partial charge in [0, 0.05) is 10.0 Å².